The fraction of sp³-hybridized carbons (Fsp3) is 0.229. The molecular formula is C109H106F2N4+4. The van der Waals surface area contributed by atoms with E-state index in [4.69, 9.17) is 0 Å². The summed E-state index contributed by atoms with van der Waals surface area (Å²) in [6.07, 6.45) is 9.27. The SMILES string of the molecule is Cc1cc(-c2c3ccc(-c4ccccc4)cc3cc(C)[n+]2C)c(C)c(C)c1F.Cc1cc(C)c(F)c(-c2c3ccc(-c4ccccc4)cc3cc(C)[n+]2C)c1C.Cc1cc2c(cc1-c1c3ccc(-c4ccccc4)cc3cc(C)[n+]1C)C1CCC2CC1.Cc1cc2c(cc1-c1c3ccc(-c4ccccc4)cc3cc(C)[n+]1C)CCC2. The van der Waals surface area contributed by atoms with Gasteiger partial charge in [0, 0.05) is 52.0 Å². The van der Waals surface area contributed by atoms with Crippen molar-refractivity contribution in [3.63, 3.8) is 0 Å². The Hall–Kier alpha value is -11.9. The highest BCUT2D eigenvalue weighted by Gasteiger charge is 2.35. The van der Waals surface area contributed by atoms with E-state index >= 15 is 4.39 Å². The first-order chi connectivity index (χ1) is 55.5. The normalized spacial score (nSPS) is 13.9. The van der Waals surface area contributed by atoms with Gasteiger partial charge in [-0.1, -0.05) is 164 Å². The molecule has 0 amide bonds. The summed E-state index contributed by atoms with van der Waals surface area (Å²) in [4.78, 5) is 0. The van der Waals surface area contributed by atoms with Crippen LogP contribution < -0.4 is 18.3 Å². The molecule has 16 aromatic rings. The first kappa shape index (κ1) is 77.1. The van der Waals surface area contributed by atoms with Crippen LogP contribution in [0.25, 0.3) is 133 Å². The van der Waals surface area contributed by atoms with Crippen LogP contribution in [0.4, 0.5) is 8.78 Å². The van der Waals surface area contributed by atoms with Gasteiger partial charge in [-0.15, -0.1) is 0 Å². The summed E-state index contributed by atoms with van der Waals surface area (Å²) in [5, 5.41) is 9.89. The van der Waals surface area contributed by atoms with Gasteiger partial charge in [0.1, 0.15) is 39.8 Å². The van der Waals surface area contributed by atoms with Crippen molar-refractivity contribution in [1.82, 2.24) is 0 Å². The minimum Gasteiger partial charge on any atom is -0.206 e. The fourth-order valence-electron chi connectivity index (χ4n) is 18.9. The molecule has 4 nitrogen and oxygen atoms in total. The molecule has 0 spiro atoms. The van der Waals surface area contributed by atoms with Crippen molar-refractivity contribution in [1.29, 1.82) is 0 Å². The molecule has 0 unspecified atom stereocenters. The summed E-state index contributed by atoms with van der Waals surface area (Å²) >= 11 is 0. The molecule has 6 heteroatoms. The van der Waals surface area contributed by atoms with Gasteiger partial charge >= 0.3 is 0 Å². The fourth-order valence-corrected chi connectivity index (χ4v) is 18.9. The zero-order valence-corrected chi connectivity index (χ0v) is 69.9. The van der Waals surface area contributed by atoms with E-state index in [1.165, 1.54) is 178 Å². The lowest BCUT2D eigenvalue weighted by Crippen LogP contribution is -2.35. The van der Waals surface area contributed by atoms with Crippen LogP contribution in [0.5, 0.6) is 0 Å². The third-order valence-corrected chi connectivity index (χ3v) is 26.0. The molecule has 2 bridgehead atoms. The highest BCUT2D eigenvalue weighted by atomic mass is 19.1. The number of pyridine rings is 4. The molecule has 4 aliphatic carbocycles. The molecule has 20 rings (SSSR count). The molecule has 0 N–H and O–H groups in total. The van der Waals surface area contributed by atoms with E-state index in [0.29, 0.717) is 16.7 Å². The summed E-state index contributed by atoms with van der Waals surface area (Å²) < 4.78 is 38.8. The van der Waals surface area contributed by atoms with E-state index in [-0.39, 0.29) is 11.6 Å². The van der Waals surface area contributed by atoms with Gasteiger partial charge in [-0.2, -0.15) is 18.3 Å². The summed E-state index contributed by atoms with van der Waals surface area (Å²) in [7, 11) is 8.52. The first-order valence-corrected chi connectivity index (χ1v) is 41.2. The number of hydrogen-bond donors (Lipinski definition) is 0. The number of nitrogens with zero attached hydrogens (tertiary/aromatic N) is 4. The Morgan fingerprint density at radius 2 is 0.591 bits per heavy atom. The monoisotopic (exact) mass is 1510 g/mol. The molecule has 4 aliphatic rings. The molecule has 572 valence electrons. The van der Waals surface area contributed by atoms with Crippen molar-refractivity contribution >= 4 is 43.1 Å². The van der Waals surface area contributed by atoms with E-state index < -0.39 is 0 Å². The molecule has 0 atom stereocenters. The molecule has 4 heterocycles. The predicted molar refractivity (Wildman–Crippen MR) is 477 cm³/mol. The molecule has 12 aromatic carbocycles. The van der Waals surface area contributed by atoms with Crippen molar-refractivity contribution < 1.29 is 27.0 Å². The summed E-state index contributed by atoms with van der Waals surface area (Å²) in [5.41, 5.74) is 38.5. The second-order valence-corrected chi connectivity index (χ2v) is 33.2. The van der Waals surface area contributed by atoms with Gasteiger partial charge < -0.3 is 0 Å². The van der Waals surface area contributed by atoms with Crippen molar-refractivity contribution in [2.24, 2.45) is 28.2 Å². The Morgan fingerprint density at radius 1 is 0.261 bits per heavy atom. The lowest BCUT2D eigenvalue weighted by atomic mass is 9.66. The Morgan fingerprint density at radius 3 is 0.991 bits per heavy atom. The average Bonchev–Trinajstić information content (AvgIpc) is 1.26. The summed E-state index contributed by atoms with van der Waals surface area (Å²) in [6, 6.07) is 92.0. The second-order valence-electron chi connectivity index (χ2n) is 33.2. The number of fused-ring (bicyclic) bond motifs is 7. The predicted octanol–water partition coefficient (Wildman–Crippen LogP) is 26.2. The van der Waals surface area contributed by atoms with E-state index in [2.05, 4.69) is 318 Å². The van der Waals surface area contributed by atoms with Crippen LogP contribution in [-0.4, -0.2) is 0 Å². The Kier molecular flexibility index (Phi) is 21.3. The number of benzene rings is 12. The van der Waals surface area contributed by atoms with Gasteiger partial charge in [-0.25, -0.2) is 8.78 Å². The Balaban J connectivity index is 0.000000115. The number of aryl methyl sites for hydroxylation is 11. The van der Waals surface area contributed by atoms with Crippen LogP contribution in [0, 0.1) is 94.7 Å². The largest absolute Gasteiger partial charge is 0.223 e. The van der Waals surface area contributed by atoms with Gasteiger partial charge in [-0.3, -0.25) is 0 Å². The van der Waals surface area contributed by atoms with Crippen LogP contribution in [0.2, 0.25) is 0 Å². The van der Waals surface area contributed by atoms with Crippen molar-refractivity contribution in [2.75, 3.05) is 0 Å². The molecular weight excluding hydrogens is 1400 g/mol. The minimum absolute atomic E-state index is 0.104. The van der Waals surface area contributed by atoms with Crippen molar-refractivity contribution in [3.05, 3.63) is 356 Å². The van der Waals surface area contributed by atoms with E-state index in [9.17, 15) is 4.39 Å². The molecule has 0 aliphatic heterocycles. The van der Waals surface area contributed by atoms with Crippen LogP contribution in [0.15, 0.2) is 255 Å². The summed E-state index contributed by atoms with van der Waals surface area (Å²) in [5.74, 6) is 1.33. The van der Waals surface area contributed by atoms with Crippen LogP contribution in [0.3, 0.4) is 0 Å². The van der Waals surface area contributed by atoms with Crippen LogP contribution >= 0.6 is 0 Å². The number of halogens is 2. The number of rotatable bonds is 8. The highest BCUT2D eigenvalue weighted by Crippen LogP contribution is 2.51. The quantitative estimate of drug-likeness (QED) is 0.135. The van der Waals surface area contributed by atoms with E-state index in [1.54, 1.807) is 16.7 Å². The average molecular weight is 1510 g/mol. The topological polar surface area (TPSA) is 15.5 Å². The van der Waals surface area contributed by atoms with Gasteiger partial charge in [0.05, 0.1) is 43.8 Å². The maximum atomic E-state index is 15.3. The van der Waals surface area contributed by atoms with E-state index in [1.807, 2.05) is 65.9 Å². The van der Waals surface area contributed by atoms with E-state index in [0.717, 1.165) is 67.5 Å². The molecule has 0 radical (unpaired) electrons. The van der Waals surface area contributed by atoms with Gasteiger partial charge in [0.2, 0.25) is 22.8 Å². The Bertz CT molecular complexity index is 6480. The third-order valence-electron chi connectivity index (χ3n) is 26.0. The first-order valence-electron chi connectivity index (χ1n) is 41.2. The molecule has 1 fully saturated rings. The minimum atomic E-state index is -0.127. The lowest BCUT2D eigenvalue weighted by molar-refractivity contribution is -0.665. The Labute approximate surface area is 679 Å². The zero-order valence-electron chi connectivity index (χ0n) is 69.9. The molecule has 4 aromatic heterocycles. The van der Waals surface area contributed by atoms with Crippen molar-refractivity contribution in [3.8, 4) is 89.5 Å². The second kappa shape index (κ2) is 31.8. The van der Waals surface area contributed by atoms with Crippen LogP contribution in [0.1, 0.15) is 133 Å². The highest BCUT2D eigenvalue weighted by molar-refractivity contribution is 6.00. The maximum absolute atomic E-state index is 15.3. The number of aromatic nitrogens is 4. The third kappa shape index (κ3) is 14.7. The lowest BCUT2D eigenvalue weighted by Gasteiger charge is -2.38. The standard InChI is InChI=1S/C30H30N.C27H26N.2C26H25FN/c1-19-15-28-22-9-11-23(12-10-22)29(28)18-27(19)30-26-14-13-24(21-7-5-4-6-8-21)17-25(26)16-20(2)31(30)3;1-18-14-21-10-7-11-22(21)17-26(18)27-25-13-12-23(20-8-5-4-6-9-20)16-24(25)15-19(2)28(27)3;1-16-13-24(18(3)19(4)25(16)27)26-23-12-11-21(20-9-7-6-8-10-20)15-22(23)14-17(2)28(26)5;1-16-13-17(2)25(27)24(19(16)4)26-23-12-11-21(20-9-7-6-8-10-20)15-22(23)14-18(3)28(26)5/h4-8,13-18,22-23H,9-12H2,1-3H3;4-6,8-9,12-17H,7,10-11H2,1-3H3;2*6-15H,1-5H3/q4*+1. The molecule has 1 saturated carbocycles. The van der Waals surface area contributed by atoms with Crippen LogP contribution in [-0.2, 0) is 41.0 Å². The van der Waals surface area contributed by atoms with Crippen molar-refractivity contribution in [2.45, 2.75) is 140 Å². The smallest absolute Gasteiger partial charge is 0.206 e. The zero-order chi connectivity index (χ0) is 80.4. The molecule has 115 heavy (non-hydrogen) atoms. The van der Waals surface area contributed by atoms with Gasteiger partial charge in [0.15, 0.2) is 22.8 Å². The summed E-state index contributed by atoms with van der Waals surface area (Å²) in [6.45, 7) is 24.8. The number of hydrogen-bond acceptors (Lipinski definition) is 0. The van der Waals surface area contributed by atoms with Gasteiger partial charge in [0.25, 0.3) is 0 Å². The molecule has 0 saturated heterocycles. The van der Waals surface area contributed by atoms with Gasteiger partial charge in [-0.05, 0) is 312 Å². The maximum Gasteiger partial charge on any atom is 0.223 e.